The summed E-state index contributed by atoms with van der Waals surface area (Å²) in [5.41, 5.74) is 2.67. The number of carbonyl (C=O) groups excluding carboxylic acids is 1. The Bertz CT molecular complexity index is 1230. The number of fused-ring (bicyclic) bond motifs is 1. The number of non-ortho nitro benzene ring substituents is 1. The standard InChI is InChI=1S/C19H16N6O3S/c1-3-16-21-22-19-24(16)23-18(29-19)13-5-4-11(2)15(10-13)20-17(26)12-6-8-14(9-7-12)25(27)28/h4-10H,3H2,1-2H3,(H,20,26). The van der Waals surface area contributed by atoms with E-state index in [4.69, 9.17) is 0 Å². The average molecular weight is 408 g/mol. The summed E-state index contributed by atoms with van der Waals surface area (Å²) in [4.78, 5) is 23.5. The third-order valence-electron chi connectivity index (χ3n) is 4.44. The van der Waals surface area contributed by atoms with E-state index in [0.717, 1.165) is 28.4 Å². The van der Waals surface area contributed by atoms with E-state index < -0.39 is 4.92 Å². The molecule has 0 aliphatic carbocycles. The molecule has 2 heterocycles. The largest absolute Gasteiger partial charge is 0.322 e. The number of amides is 1. The van der Waals surface area contributed by atoms with Gasteiger partial charge in [0.15, 0.2) is 5.82 Å². The van der Waals surface area contributed by atoms with E-state index in [1.807, 2.05) is 32.0 Å². The monoisotopic (exact) mass is 408 g/mol. The highest BCUT2D eigenvalue weighted by Gasteiger charge is 2.15. The van der Waals surface area contributed by atoms with Crippen LogP contribution in [-0.4, -0.2) is 30.6 Å². The van der Waals surface area contributed by atoms with Crippen molar-refractivity contribution in [2.75, 3.05) is 5.32 Å². The van der Waals surface area contributed by atoms with Gasteiger partial charge in [-0.2, -0.15) is 9.61 Å². The number of anilines is 1. The number of hydrogen-bond acceptors (Lipinski definition) is 7. The lowest BCUT2D eigenvalue weighted by Crippen LogP contribution is -2.12. The van der Waals surface area contributed by atoms with Gasteiger partial charge in [-0.3, -0.25) is 14.9 Å². The molecule has 0 aliphatic rings. The van der Waals surface area contributed by atoms with Gasteiger partial charge < -0.3 is 5.32 Å². The second kappa shape index (κ2) is 7.40. The molecule has 10 heteroatoms. The topological polar surface area (TPSA) is 115 Å². The third-order valence-corrected chi connectivity index (χ3v) is 5.39. The first-order chi connectivity index (χ1) is 14.0. The Morgan fingerprint density at radius 1 is 1.21 bits per heavy atom. The van der Waals surface area contributed by atoms with Gasteiger partial charge in [0.25, 0.3) is 11.6 Å². The molecule has 29 heavy (non-hydrogen) atoms. The predicted molar refractivity (Wildman–Crippen MR) is 109 cm³/mol. The van der Waals surface area contributed by atoms with Crippen molar-refractivity contribution in [2.45, 2.75) is 20.3 Å². The van der Waals surface area contributed by atoms with Crippen LogP contribution in [0, 0.1) is 17.0 Å². The smallest absolute Gasteiger partial charge is 0.269 e. The van der Waals surface area contributed by atoms with E-state index in [9.17, 15) is 14.9 Å². The summed E-state index contributed by atoms with van der Waals surface area (Å²) < 4.78 is 1.73. The van der Waals surface area contributed by atoms with Gasteiger partial charge in [0, 0.05) is 35.4 Å². The molecular formula is C19H16N6O3S. The number of benzene rings is 2. The van der Waals surface area contributed by atoms with Crippen LogP contribution < -0.4 is 5.32 Å². The Morgan fingerprint density at radius 3 is 2.66 bits per heavy atom. The molecule has 0 aliphatic heterocycles. The van der Waals surface area contributed by atoms with Crippen molar-refractivity contribution in [2.24, 2.45) is 0 Å². The lowest BCUT2D eigenvalue weighted by molar-refractivity contribution is -0.384. The summed E-state index contributed by atoms with van der Waals surface area (Å²) in [5.74, 6) is 0.452. The van der Waals surface area contributed by atoms with Crippen LogP contribution in [0.25, 0.3) is 15.5 Å². The van der Waals surface area contributed by atoms with E-state index in [1.165, 1.54) is 35.6 Å². The minimum absolute atomic E-state index is 0.0607. The third kappa shape index (κ3) is 3.57. The van der Waals surface area contributed by atoms with Crippen LogP contribution in [-0.2, 0) is 6.42 Å². The lowest BCUT2D eigenvalue weighted by Gasteiger charge is -2.10. The Labute approximate surface area is 169 Å². The average Bonchev–Trinajstić information content (AvgIpc) is 3.30. The number of aryl methyl sites for hydroxylation is 2. The van der Waals surface area contributed by atoms with E-state index in [0.29, 0.717) is 16.2 Å². The van der Waals surface area contributed by atoms with Crippen molar-refractivity contribution in [3.05, 3.63) is 69.5 Å². The summed E-state index contributed by atoms with van der Waals surface area (Å²) in [6, 6.07) is 11.2. The van der Waals surface area contributed by atoms with Crippen molar-refractivity contribution in [3.63, 3.8) is 0 Å². The van der Waals surface area contributed by atoms with Gasteiger partial charge in [-0.05, 0) is 30.7 Å². The van der Waals surface area contributed by atoms with Gasteiger partial charge >= 0.3 is 0 Å². The number of rotatable bonds is 5. The van der Waals surface area contributed by atoms with Gasteiger partial charge in [-0.1, -0.05) is 30.4 Å². The van der Waals surface area contributed by atoms with Crippen molar-refractivity contribution >= 4 is 33.6 Å². The fourth-order valence-electron chi connectivity index (χ4n) is 2.81. The van der Waals surface area contributed by atoms with Crippen LogP contribution in [0.2, 0.25) is 0 Å². The number of carbonyl (C=O) groups is 1. The second-order valence-corrected chi connectivity index (χ2v) is 7.32. The SMILES string of the molecule is CCc1nnc2sc(-c3ccc(C)c(NC(=O)c4ccc([N+](=O)[O-])cc4)c3)nn12. The van der Waals surface area contributed by atoms with E-state index in [1.54, 1.807) is 4.52 Å². The lowest BCUT2D eigenvalue weighted by atomic mass is 10.1. The number of nitro benzene ring substituents is 1. The van der Waals surface area contributed by atoms with Gasteiger partial charge in [-0.25, -0.2) is 0 Å². The predicted octanol–water partition coefficient (Wildman–Crippen LogP) is 3.88. The molecule has 9 nitrogen and oxygen atoms in total. The molecule has 0 atom stereocenters. The molecule has 0 fully saturated rings. The Balaban J connectivity index is 1.61. The minimum Gasteiger partial charge on any atom is -0.322 e. The molecule has 0 bridgehead atoms. The molecule has 2 aromatic heterocycles. The molecule has 4 aromatic rings. The molecule has 1 N–H and O–H groups in total. The summed E-state index contributed by atoms with van der Waals surface area (Å²) in [7, 11) is 0. The fraction of sp³-hybridized carbons (Fsp3) is 0.158. The first-order valence-electron chi connectivity index (χ1n) is 8.84. The number of nitrogens with zero attached hydrogens (tertiary/aromatic N) is 5. The highest BCUT2D eigenvalue weighted by Crippen LogP contribution is 2.29. The zero-order valence-electron chi connectivity index (χ0n) is 15.6. The van der Waals surface area contributed by atoms with E-state index >= 15 is 0 Å². The van der Waals surface area contributed by atoms with Crippen LogP contribution in [0.1, 0.15) is 28.7 Å². The van der Waals surface area contributed by atoms with Gasteiger partial charge in [0.2, 0.25) is 4.96 Å². The van der Waals surface area contributed by atoms with Crippen LogP contribution in [0.5, 0.6) is 0 Å². The molecule has 0 spiro atoms. The molecule has 0 unspecified atom stereocenters. The first-order valence-corrected chi connectivity index (χ1v) is 9.66. The van der Waals surface area contributed by atoms with Crippen molar-refractivity contribution in [1.29, 1.82) is 0 Å². The number of nitro groups is 1. The maximum absolute atomic E-state index is 12.6. The zero-order chi connectivity index (χ0) is 20.5. The normalized spacial score (nSPS) is 11.0. The maximum Gasteiger partial charge on any atom is 0.269 e. The molecule has 1 amide bonds. The van der Waals surface area contributed by atoms with Crippen LogP contribution in [0.15, 0.2) is 42.5 Å². The van der Waals surface area contributed by atoms with Crippen molar-refractivity contribution in [3.8, 4) is 10.6 Å². The van der Waals surface area contributed by atoms with Crippen LogP contribution in [0.3, 0.4) is 0 Å². The maximum atomic E-state index is 12.6. The quantitative estimate of drug-likeness (QED) is 0.396. The molecule has 4 rings (SSSR count). The first kappa shape index (κ1) is 18.7. The van der Waals surface area contributed by atoms with Crippen LogP contribution >= 0.6 is 11.3 Å². The van der Waals surface area contributed by atoms with E-state index in [2.05, 4.69) is 20.6 Å². The highest BCUT2D eigenvalue weighted by molar-refractivity contribution is 7.19. The Kier molecular flexibility index (Phi) is 4.77. The molecular weight excluding hydrogens is 392 g/mol. The van der Waals surface area contributed by atoms with Gasteiger partial charge in [0.1, 0.15) is 5.01 Å². The van der Waals surface area contributed by atoms with Crippen molar-refractivity contribution in [1.82, 2.24) is 19.8 Å². The molecule has 0 saturated carbocycles. The summed E-state index contributed by atoms with van der Waals surface area (Å²) >= 11 is 1.42. The molecule has 2 aromatic carbocycles. The number of nitrogens with one attached hydrogen (secondary N) is 1. The fourth-order valence-corrected chi connectivity index (χ4v) is 3.67. The Hall–Kier alpha value is -3.66. The molecule has 146 valence electrons. The van der Waals surface area contributed by atoms with Gasteiger partial charge in [-0.15, -0.1) is 10.2 Å². The minimum atomic E-state index is -0.500. The second-order valence-electron chi connectivity index (χ2n) is 6.36. The van der Waals surface area contributed by atoms with Crippen molar-refractivity contribution < 1.29 is 9.72 Å². The zero-order valence-corrected chi connectivity index (χ0v) is 16.4. The van der Waals surface area contributed by atoms with Gasteiger partial charge in [0.05, 0.1) is 4.92 Å². The summed E-state index contributed by atoms with van der Waals surface area (Å²) in [6.07, 6.45) is 0.731. The molecule has 0 radical (unpaired) electrons. The van der Waals surface area contributed by atoms with Crippen LogP contribution in [0.4, 0.5) is 11.4 Å². The Morgan fingerprint density at radius 2 is 1.97 bits per heavy atom. The summed E-state index contributed by atoms with van der Waals surface area (Å²) in [5, 5.41) is 27.2. The number of aromatic nitrogens is 4. The number of hydrogen-bond donors (Lipinski definition) is 1. The highest BCUT2D eigenvalue weighted by atomic mass is 32.1. The molecule has 0 saturated heterocycles. The summed E-state index contributed by atoms with van der Waals surface area (Å²) in [6.45, 7) is 3.89. The van der Waals surface area contributed by atoms with E-state index in [-0.39, 0.29) is 11.6 Å².